The second-order valence-corrected chi connectivity index (χ2v) is 13.5. The van der Waals surface area contributed by atoms with E-state index in [4.69, 9.17) is 7.16 Å². The third-order valence-electron chi connectivity index (χ3n) is 10.3. The van der Waals surface area contributed by atoms with Crippen molar-refractivity contribution in [3.63, 3.8) is 0 Å². The van der Waals surface area contributed by atoms with Gasteiger partial charge < -0.3 is 9.32 Å². The third kappa shape index (κ3) is 5.26. The molecule has 0 saturated carbocycles. The van der Waals surface area contributed by atoms with Crippen LogP contribution < -0.4 is 4.90 Å². The summed E-state index contributed by atoms with van der Waals surface area (Å²) < 4.78 is 122. The standard InChI is InChI=1S/C54H35NO/c1-4-17-43-36(12-1)15-9-21-45(43)39-26-31-41(32-27-39)55(42-33-28-40(29-34-42)46-22-10-16-37-13-2-5-18-44(37)46)51-24-8-7-20-48(51)49-23-11-25-52-53(49)50-35-30-38-14-3-6-19-47(38)54(50)56-52/h1-35H/i7D,8D,20D,24D,26D,27D,28D,29D,31D,32D,33D,34D. The van der Waals surface area contributed by atoms with E-state index in [0.29, 0.717) is 43.8 Å². The van der Waals surface area contributed by atoms with Gasteiger partial charge in [-0.1, -0.05) is 170 Å². The van der Waals surface area contributed by atoms with Gasteiger partial charge in [0.05, 0.1) is 22.1 Å². The molecule has 0 N–H and O–H groups in total. The van der Waals surface area contributed by atoms with Crippen molar-refractivity contribution >= 4 is 71.3 Å². The van der Waals surface area contributed by atoms with Gasteiger partial charge in [0.25, 0.3) is 0 Å². The molecule has 0 bridgehead atoms. The SMILES string of the molecule is [2H]c1c([2H])c([2H])c(N(c2c([2H])c([2H])c(-c3cccc4ccccc34)c([2H])c2[2H])c2c([2H])c([2H])c(-c3cccc4ccccc34)c([2H])c2[2H])c(-c2cccc3oc4c5ccccc5ccc4c23)c1[2H]. The summed E-state index contributed by atoms with van der Waals surface area (Å²) in [7, 11) is 0. The lowest BCUT2D eigenvalue weighted by molar-refractivity contribution is 0.673. The van der Waals surface area contributed by atoms with Crippen molar-refractivity contribution in [1.29, 1.82) is 0 Å². The minimum absolute atomic E-state index is 0.0385. The first-order valence-corrected chi connectivity index (χ1v) is 18.2. The van der Waals surface area contributed by atoms with Crippen molar-refractivity contribution in [2.75, 3.05) is 4.90 Å². The number of rotatable bonds is 6. The van der Waals surface area contributed by atoms with Crippen LogP contribution in [0.2, 0.25) is 0 Å². The fourth-order valence-electron chi connectivity index (χ4n) is 7.76. The zero-order chi connectivity index (χ0) is 47.4. The minimum Gasteiger partial charge on any atom is -0.455 e. The number of furan rings is 1. The predicted molar refractivity (Wildman–Crippen MR) is 237 cm³/mol. The van der Waals surface area contributed by atoms with Crippen molar-refractivity contribution in [3.8, 4) is 33.4 Å². The molecule has 0 aliphatic carbocycles. The molecule has 0 amide bonds. The second kappa shape index (κ2) is 13.2. The Hall–Kier alpha value is -7.42. The molecule has 56 heavy (non-hydrogen) atoms. The summed E-state index contributed by atoms with van der Waals surface area (Å²) in [6.45, 7) is 0. The summed E-state index contributed by atoms with van der Waals surface area (Å²) in [5.41, 5.74) is 0.209. The van der Waals surface area contributed by atoms with Crippen LogP contribution in [0.25, 0.3) is 87.6 Å². The molecule has 0 aliphatic rings. The van der Waals surface area contributed by atoms with Crippen LogP contribution in [0.3, 0.4) is 0 Å². The zero-order valence-corrected chi connectivity index (χ0v) is 29.6. The van der Waals surface area contributed by atoms with E-state index in [2.05, 4.69) is 0 Å². The average Bonchev–Trinajstić information content (AvgIpc) is 3.75. The van der Waals surface area contributed by atoms with E-state index in [1.807, 2.05) is 84.9 Å². The highest BCUT2D eigenvalue weighted by Crippen LogP contribution is 2.46. The number of anilines is 3. The first-order chi connectivity index (χ1) is 32.8. The summed E-state index contributed by atoms with van der Waals surface area (Å²) in [5, 5.41) is 5.70. The molecular weight excluding hydrogens is 679 g/mol. The molecular formula is C54H35NO. The Bertz CT molecular complexity index is 3760. The maximum absolute atomic E-state index is 9.81. The number of benzene rings is 10. The lowest BCUT2D eigenvalue weighted by Gasteiger charge is -2.28. The maximum atomic E-state index is 9.81. The summed E-state index contributed by atoms with van der Waals surface area (Å²) in [4.78, 5) is 0.977. The largest absolute Gasteiger partial charge is 0.455 e. The van der Waals surface area contributed by atoms with Crippen molar-refractivity contribution in [2.24, 2.45) is 0 Å². The van der Waals surface area contributed by atoms with Gasteiger partial charge in [0, 0.05) is 33.1 Å². The second-order valence-electron chi connectivity index (χ2n) is 13.5. The minimum atomic E-state index is -0.723. The first-order valence-electron chi connectivity index (χ1n) is 24.2. The summed E-state index contributed by atoms with van der Waals surface area (Å²) in [6.07, 6.45) is 0. The van der Waals surface area contributed by atoms with E-state index in [1.165, 1.54) is 0 Å². The van der Waals surface area contributed by atoms with E-state index < -0.39 is 89.6 Å². The molecule has 0 radical (unpaired) electrons. The Kier molecular flexibility index (Phi) is 5.19. The Morgan fingerprint density at radius 3 is 1.50 bits per heavy atom. The van der Waals surface area contributed by atoms with Crippen LogP contribution in [0.15, 0.2) is 216 Å². The number of hydrogen-bond acceptors (Lipinski definition) is 2. The van der Waals surface area contributed by atoms with Crippen LogP contribution >= 0.6 is 0 Å². The van der Waals surface area contributed by atoms with Gasteiger partial charge in [-0.2, -0.15) is 0 Å². The Balaban J connectivity index is 1.29. The molecule has 0 saturated heterocycles. The highest BCUT2D eigenvalue weighted by atomic mass is 16.3. The van der Waals surface area contributed by atoms with Gasteiger partial charge in [-0.3, -0.25) is 0 Å². The smallest absolute Gasteiger partial charge is 0.143 e. The molecule has 1 heterocycles. The van der Waals surface area contributed by atoms with Crippen LogP contribution in [0, 0.1) is 0 Å². The van der Waals surface area contributed by atoms with Crippen LogP contribution in [-0.4, -0.2) is 0 Å². The van der Waals surface area contributed by atoms with E-state index in [-0.39, 0.29) is 22.3 Å². The maximum Gasteiger partial charge on any atom is 0.143 e. The van der Waals surface area contributed by atoms with Crippen LogP contribution in [0.5, 0.6) is 0 Å². The molecule has 0 spiro atoms. The van der Waals surface area contributed by atoms with Crippen molar-refractivity contribution in [1.82, 2.24) is 0 Å². The van der Waals surface area contributed by atoms with E-state index in [1.54, 1.807) is 54.6 Å². The molecule has 2 heteroatoms. The molecule has 0 atom stereocenters. The number of fused-ring (bicyclic) bond motifs is 7. The molecule has 1 aromatic heterocycles. The van der Waals surface area contributed by atoms with Gasteiger partial charge in [0.1, 0.15) is 11.2 Å². The number of nitrogens with zero attached hydrogens (tertiary/aromatic N) is 1. The molecule has 0 unspecified atom stereocenters. The first kappa shape index (κ1) is 22.1. The topological polar surface area (TPSA) is 16.4 Å². The van der Waals surface area contributed by atoms with Gasteiger partial charge in [-0.25, -0.2) is 0 Å². The lowest BCUT2D eigenvalue weighted by atomic mass is 9.95. The number of hydrogen-bond donors (Lipinski definition) is 0. The molecule has 10 aromatic carbocycles. The average molecular weight is 726 g/mol. The predicted octanol–water partition coefficient (Wildman–Crippen LogP) is 15.5. The van der Waals surface area contributed by atoms with Gasteiger partial charge in [0.2, 0.25) is 0 Å². The van der Waals surface area contributed by atoms with Crippen LogP contribution in [0.4, 0.5) is 17.1 Å². The normalized spacial score (nSPS) is 14.6. The third-order valence-corrected chi connectivity index (χ3v) is 10.3. The van der Waals surface area contributed by atoms with E-state index in [9.17, 15) is 13.7 Å². The van der Waals surface area contributed by atoms with Gasteiger partial charge in [-0.05, 0) is 97.1 Å². The zero-order valence-electron chi connectivity index (χ0n) is 41.6. The van der Waals surface area contributed by atoms with Crippen molar-refractivity contribution in [2.45, 2.75) is 0 Å². The Morgan fingerprint density at radius 2 is 0.875 bits per heavy atom. The molecule has 11 rings (SSSR count). The quantitative estimate of drug-likeness (QED) is 0.170. The van der Waals surface area contributed by atoms with Gasteiger partial charge >= 0.3 is 0 Å². The van der Waals surface area contributed by atoms with E-state index >= 15 is 0 Å². The summed E-state index contributed by atoms with van der Waals surface area (Å²) in [5.74, 6) is 0. The fourth-order valence-corrected chi connectivity index (χ4v) is 7.76. The van der Waals surface area contributed by atoms with Gasteiger partial charge in [0.15, 0.2) is 0 Å². The Morgan fingerprint density at radius 1 is 0.375 bits per heavy atom. The van der Waals surface area contributed by atoms with Crippen molar-refractivity contribution < 1.29 is 20.9 Å². The van der Waals surface area contributed by atoms with Gasteiger partial charge in [-0.15, -0.1) is 0 Å². The fraction of sp³-hybridized carbons (Fsp3) is 0. The number of para-hydroxylation sites is 1. The molecule has 262 valence electrons. The highest BCUT2D eigenvalue weighted by Gasteiger charge is 2.21. The molecule has 0 aliphatic heterocycles. The summed E-state index contributed by atoms with van der Waals surface area (Å²) >= 11 is 0. The lowest BCUT2D eigenvalue weighted by Crippen LogP contribution is -2.11. The summed E-state index contributed by atoms with van der Waals surface area (Å²) in [6, 6.07) is 34.6. The van der Waals surface area contributed by atoms with E-state index in [0.717, 1.165) is 26.4 Å². The molecule has 0 fully saturated rings. The monoisotopic (exact) mass is 725 g/mol. The van der Waals surface area contributed by atoms with Crippen LogP contribution in [-0.2, 0) is 0 Å². The molecule has 11 aromatic rings. The van der Waals surface area contributed by atoms with Crippen LogP contribution in [0.1, 0.15) is 16.4 Å². The Labute approximate surface area is 342 Å². The van der Waals surface area contributed by atoms with Crippen molar-refractivity contribution in [3.05, 3.63) is 212 Å². The highest BCUT2D eigenvalue weighted by molar-refractivity contribution is 6.19. The molecule has 2 nitrogen and oxygen atoms in total.